The summed E-state index contributed by atoms with van der Waals surface area (Å²) >= 11 is 12.8. The fraction of sp³-hybridized carbons (Fsp3) is 0.381. The average Bonchev–Trinajstić information content (AvgIpc) is 3.09. The van der Waals surface area contributed by atoms with E-state index in [1.807, 2.05) is 13.8 Å². The molecule has 32 heavy (non-hydrogen) atoms. The molecule has 0 atom stereocenters. The summed E-state index contributed by atoms with van der Waals surface area (Å²) in [6, 6.07) is 3.24. The monoisotopic (exact) mass is 499 g/mol. The van der Waals surface area contributed by atoms with Crippen LogP contribution in [0.2, 0.25) is 5.02 Å². The van der Waals surface area contributed by atoms with Gasteiger partial charge in [-0.05, 0) is 44.6 Å². The Bertz CT molecular complexity index is 1020. The number of carbonyl (C=O) groups excluding carboxylic acids is 2. The van der Waals surface area contributed by atoms with Crippen LogP contribution in [-0.4, -0.2) is 56.3 Å². The third-order valence-corrected chi connectivity index (χ3v) is 6.43. The maximum Gasteiger partial charge on any atom is 0.341 e. The molecule has 0 aliphatic heterocycles. The fourth-order valence-electron chi connectivity index (χ4n) is 3.02. The highest BCUT2D eigenvalue weighted by atomic mass is 35.5. The number of amides is 1. The second-order valence-corrected chi connectivity index (χ2v) is 8.33. The van der Waals surface area contributed by atoms with Gasteiger partial charge in [-0.3, -0.25) is 4.79 Å². The van der Waals surface area contributed by atoms with E-state index in [0.717, 1.165) is 11.3 Å². The zero-order valence-corrected chi connectivity index (χ0v) is 21.1. The van der Waals surface area contributed by atoms with Crippen molar-refractivity contribution in [2.75, 3.05) is 45.1 Å². The largest absolute Gasteiger partial charge is 0.495 e. The van der Waals surface area contributed by atoms with Gasteiger partial charge in [-0.25, -0.2) is 4.79 Å². The van der Waals surface area contributed by atoms with Crippen LogP contribution in [0.4, 0.5) is 10.7 Å². The number of anilines is 2. The highest BCUT2D eigenvalue weighted by Crippen LogP contribution is 2.37. The number of thiocarbonyl (C=S) groups is 1. The van der Waals surface area contributed by atoms with E-state index in [2.05, 4.69) is 10.6 Å². The maximum atomic E-state index is 12.9. The van der Waals surface area contributed by atoms with Crippen LogP contribution < -0.4 is 20.1 Å². The Hall–Kier alpha value is -2.56. The van der Waals surface area contributed by atoms with Gasteiger partial charge in [0.2, 0.25) is 0 Å². The summed E-state index contributed by atoms with van der Waals surface area (Å²) in [5, 5.41) is 6.96. The molecule has 1 aromatic heterocycles. The Morgan fingerprint density at radius 3 is 2.25 bits per heavy atom. The molecule has 0 aliphatic carbocycles. The lowest BCUT2D eigenvalue weighted by Gasteiger charge is -2.18. The molecule has 1 aromatic carbocycles. The van der Waals surface area contributed by atoms with Crippen molar-refractivity contribution in [3.8, 4) is 11.5 Å². The molecule has 174 valence electrons. The normalized spacial score (nSPS) is 10.3. The predicted octanol–water partition coefficient (Wildman–Crippen LogP) is 4.80. The van der Waals surface area contributed by atoms with Crippen molar-refractivity contribution < 1.29 is 23.8 Å². The average molecular weight is 500 g/mol. The third kappa shape index (κ3) is 5.43. The Balaban J connectivity index is 2.39. The first-order chi connectivity index (χ1) is 15.2. The number of carbonyl (C=O) groups is 2. The van der Waals surface area contributed by atoms with Gasteiger partial charge in [-0.15, -0.1) is 11.3 Å². The molecular weight excluding hydrogens is 474 g/mol. The Labute approximate surface area is 201 Å². The van der Waals surface area contributed by atoms with Crippen molar-refractivity contribution in [1.29, 1.82) is 0 Å². The van der Waals surface area contributed by atoms with Crippen LogP contribution in [0.3, 0.4) is 0 Å². The molecule has 1 amide bonds. The van der Waals surface area contributed by atoms with Crippen LogP contribution in [0.5, 0.6) is 11.5 Å². The van der Waals surface area contributed by atoms with E-state index in [9.17, 15) is 9.59 Å². The van der Waals surface area contributed by atoms with Gasteiger partial charge in [0.15, 0.2) is 5.11 Å². The molecule has 0 spiro atoms. The van der Waals surface area contributed by atoms with Crippen molar-refractivity contribution in [3.05, 3.63) is 33.2 Å². The van der Waals surface area contributed by atoms with E-state index in [0.29, 0.717) is 50.7 Å². The molecule has 1 heterocycles. The van der Waals surface area contributed by atoms with Crippen molar-refractivity contribution in [2.45, 2.75) is 20.8 Å². The maximum absolute atomic E-state index is 12.9. The molecule has 2 N–H and O–H groups in total. The van der Waals surface area contributed by atoms with E-state index < -0.39 is 5.97 Å². The number of hydrogen-bond donors (Lipinski definition) is 2. The molecule has 0 unspecified atom stereocenters. The van der Waals surface area contributed by atoms with E-state index in [4.69, 9.17) is 38.0 Å². The van der Waals surface area contributed by atoms with Crippen molar-refractivity contribution >= 4 is 62.8 Å². The number of rotatable bonds is 8. The zero-order valence-electron chi connectivity index (χ0n) is 18.8. The summed E-state index contributed by atoms with van der Waals surface area (Å²) in [7, 11) is 4.30. The lowest BCUT2D eigenvalue weighted by molar-refractivity contribution is 0.0601. The van der Waals surface area contributed by atoms with Crippen molar-refractivity contribution in [2.24, 2.45) is 0 Å². The highest BCUT2D eigenvalue weighted by Gasteiger charge is 2.27. The quantitative estimate of drug-likeness (QED) is 0.395. The molecule has 0 radical (unpaired) electrons. The molecule has 0 saturated carbocycles. The van der Waals surface area contributed by atoms with E-state index in [-0.39, 0.29) is 16.6 Å². The number of nitrogens with zero attached hydrogens (tertiary/aromatic N) is 1. The predicted molar refractivity (Wildman–Crippen MR) is 132 cm³/mol. The Kier molecular flexibility index (Phi) is 9.11. The van der Waals surface area contributed by atoms with Crippen LogP contribution in [0.1, 0.15) is 39.4 Å². The first-order valence-electron chi connectivity index (χ1n) is 9.72. The number of halogens is 1. The minimum absolute atomic E-state index is 0.154. The molecule has 11 heteroatoms. The van der Waals surface area contributed by atoms with Gasteiger partial charge < -0.3 is 29.7 Å². The number of benzene rings is 1. The summed E-state index contributed by atoms with van der Waals surface area (Å²) in [4.78, 5) is 27.5. The summed E-state index contributed by atoms with van der Waals surface area (Å²) in [5.74, 6) is 0.198. The molecule has 0 aliphatic rings. The summed E-state index contributed by atoms with van der Waals surface area (Å²) < 4.78 is 15.5. The second-order valence-electron chi connectivity index (χ2n) is 6.50. The van der Waals surface area contributed by atoms with Gasteiger partial charge in [0.1, 0.15) is 16.5 Å². The van der Waals surface area contributed by atoms with Gasteiger partial charge in [0.25, 0.3) is 5.91 Å². The van der Waals surface area contributed by atoms with Crippen LogP contribution >= 0.6 is 35.2 Å². The number of ether oxygens (including phenoxy) is 3. The minimum atomic E-state index is -0.562. The third-order valence-electron chi connectivity index (χ3n) is 4.73. The standard InChI is InChI=1S/C21H26ClN3O5S2/c1-7-25(8-2)19(26)17-11(3)16(20(27)30-6)18(32-17)24-21(31)23-13-9-12(22)14(28-4)10-15(13)29-5/h9-10H,7-8H2,1-6H3,(H2,23,24,31). The smallest absolute Gasteiger partial charge is 0.341 e. The van der Waals surface area contributed by atoms with Crippen LogP contribution in [0.15, 0.2) is 12.1 Å². The molecule has 2 aromatic rings. The van der Waals surface area contributed by atoms with Gasteiger partial charge in [0, 0.05) is 19.2 Å². The fourth-order valence-corrected chi connectivity index (χ4v) is 4.71. The van der Waals surface area contributed by atoms with Crippen molar-refractivity contribution in [1.82, 2.24) is 4.90 Å². The minimum Gasteiger partial charge on any atom is -0.495 e. The lowest BCUT2D eigenvalue weighted by atomic mass is 10.1. The lowest BCUT2D eigenvalue weighted by Crippen LogP contribution is -2.30. The number of thiophene rings is 1. The summed E-state index contributed by atoms with van der Waals surface area (Å²) in [5.41, 5.74) is 1.30. The van der Waals surface area contributed by atoms with Crippen LogP contribution in [-0.2, 0) is 4.74 Å². The number of methoxy groups -OCH3 is 3. The van der Waals surface area contributed by atoms with Gasteiger partial charge in [-0.2, -0.15) is 0 Å². The molecule has 0 saturated heterocycles. The first kappa shape index (κ1) is 25.7. The zero-order chi connectivity index (χ0) is 24.0. The second kappa shape index (κ2) is 11.3. The Morgan fingerprint density at radius 1 is 1.09 bits per heavy atom. The van der Waals surface area contributed by atoms with E-state index in [1.165, 1.54) is 21.3 Å². The van der Waals surface area contributed by atoms with Gasteiger partial charge in [0.05, 0.1) is 42.5 Å². The SMILES string of the molecule is CCN(CC)C(=O)c1sc(NC(=S)Nc2cc(Cl)c(OC)cc2OC)c(C(=O)OC)c1C. The van der Waals surface area contributed by atoms with E-state index in [1.54, 1.807) is 24.0 Å². The van der Waals surface area contributed by atoms with Crippen LogP contribution in [0.25, 0.3) is 0 Å². The molecular formula is C21H26ClN3O5S2. The molecule has 0 fully saturated rings. The number of hydrogen-bond acceptors (Lipinski definition) is 7. The number of nitrogens with one attached hydrogen (secondary N) is 2. The summed E-state index contributed by atoms with van der Waals surface area (Å²) in [6.07, 6.45) is 0. The van der Waals surface area contributed by atoms with Crippen molar-refractivity contribution in [3.63, 3.8) is 0 Å². The van der Waals surface area contributed by atoms with Gasteiger partial charge in [-0.1, -0.05) is 11.6 Å². The molecule has 8 nitrogen and oxygen atoms in total. The van der Waals surface area contributed by atoms with E-state index >= 15 is 0 Å². The highest BCUT2D eigenvalue weighted by molar-refractivity contribution is 7.80. The van der Waals surface area contributed by atoms with Crippen LogP contribution in [0, 0.1) is 6.92 Å². The summed E-state index contributed by atoms with van der Waals surface area (Å²) in [6.45, 7) is 6.63. The van der Waals surface area contributed by atoms with Gasteiger partial charge >= 0.3 is 5.97 Å². The molecule has 0 bridgehead atoms. The topological polar surface area (TPSA) is 89.1 Å². The molecule has 2 rings (SSSR count). The number of esters is 1. The first-order valence-corrected chi connectivity index (χ1v) is 11.3. The Morgan fingerprint density at radius 2 is 1.72 bits per heavy atom.